The Morgan fingerprint density at radius 2 is 2.03 bits per heavy atom. The molecule has 4 N–H and O–H groups in total. The molecule has 0 aliphatic rings. The number of carbonyl (C=O) groups is 1. The van der Waals surface area contributed by atoms with Crippen LogP contribution in [0.5, 0.6) is 5.75 Å². The zero-order valence-electron chi connectivity index (χ0n) is 17.5. The molecule has 0 saturated carbocycles. The number of nitrogens with zero attached hydrogens (tertiary/aromatic N) is 2. The lowest BCUT2D eigenvalue weighted by molar-refractivity contribution is 0.115. The summed E-state index contributed by atoms with van der Waals surface area (Å²) < 4.78 is 11.9. The average Bonchev–Trinajstić information content (AvgIpc) is 2.69. The largest absolute Gasteiger partial charge is 0.497 e. The minimum atomic E-state index is -0.411. The molecule has 9 nitrogen and oxygen atoms in total. The van der Waals surface area contributed by atoms with E-state index in [-0.39, 0.29) is 14.4 Å². The van der Waals surface area contributed by atoms with Gasteiger partial charge in [-0.25, -0.2) is 9.78 Å². The van der Waals surface area contributed by atoms with E-state index in [1.807, 2.05) is 13.0 Å². The highest BCUT2D eigenvalue weighted by molar-refractivity contribution is 5.92. The van der Waals surface area contributed by atoms with Gasteiger partial charge < -0.3 is 20.1 Å². The normalized spacial score (nSPS) is 10.8. The van der Waals surface area contributed by atoms with Crippen molar-refractivity contribution in [3.8, 4) is 5.75 Å². The third-order valence-corrected chi connectivity index (χ3v) is 4.22. The third-order valence-electron chi connectivity index (χ3n) is 4.22. The average molecular weight is 407 g/mol. The lowest BCUT2D eigenvalue weighted by Crippen LogP contribution is -2.30. The van der Waals surface area contributed by atoms with Crippen LogP contribution < -0.4 is 20.9 Å². The molecule has 0 saturated heterocycles. The Hall–Kier alpha value is -3.10. The molecule has 2 rings (SSSR count). The number of methoxy groups -OCH3 is 1. The number of fused-ring (bicyclic) bond motifs is 1. The fourth-order valence-corrected chi connectivity index (χ4v) is 2.77. The van der Waals surface area contributed by atoms with E-state index in [1.165, 1.54) is 0 Å². The molecule has 29 heavy (non-hydrogen) atoms. The second kappa shape index (κ2) is 10.4. The van der Waals surface area contributed by atoms with Gasteiger partial charge in [-0.3, -0.25) is 15.4 Å². The monoisotopic (exact) mass is 406 g/mol. The number of carbonyl (C=O) groups excluding carboxylic acids is 1. The molecule has 9 heteroatoms. The number of alkyl carbamates (subject to hydrolysis) is 1. The summed E-state index contributed by atoms with van der Waals surface area (Å²) in [4.78, 5) is 16.0. The molecule has 0 unspecified atom stereocenters. The second-order valence-corrected chi connectivity index (χ2v) is 6.81. The van der Waals surface area contributed by atoms with E-state index >= 15 is 0 Å². The van der Waals surface area contributed by atoms with Crippen LogP contribution >= 0.6 is 0 Å². The number of nitrogens with one attached hydrogen (secondary N) is 4. The summed E-state index contributed by atoms with van der Waals surface area (Å²) in [5, 5.41) is 22.6. The first-order valence-corrected chi connectivity index (χ1v) is 9.78. The van der Waals surface area contributed by atoms with Crippen molar-refractivity contribution in [1.82, 2.24) is 14.9 Å². The maximum absolute atomic E-state index is 11.4. The first-order valence-electron chi connectivity index (χ1n) is 9.78. The van der Waals surface area contributed by atoms with E-state index in [0.29, 0.717) is 47.9 Å². The number of amides is 1. The molecular formula is C20H34N6O3. The summed E-state index contributed by atoms with van der Waals surface area (Å²) in [7, 11) is 1.59. The predicted molar refractivity (Wildman–Crippen MR) is 117 cm³/mol. The molecule has 0 fully saturated rings. The number of aromatic nitrogens is 2. The van der Waals surface area contributed by atoms with Gasteiger partial charge in [0, 0.05) is 28.4 Å². The van der Waals surface area contributed by atoms with Crippen molar-refractivity contribution in [2.75, 3.05) is 25.5 Å². The van der Waals surface area contributed by atoms with Crippen LogP contribution in [-0.2, 0) is 4.74 Å². The number of anilines is 1. The van der Waals surface area contributed by atoms with E-state index in [2.05, 4.69) is 15.6 Å². The molecule has 2 aromatic rings. The molecule has 0 bridgehead atoms. The Morgan fingerprint density at radius 1 is 1.31 bits per heavy atom. The second-order valence-electron chi connectivity index (χ2n) is 6.81. The molecule has 162 valence electrons. The van der Waals surface area contributed by atoms with Crippen LogP contribution in [0.2, 0.25) is 0 Å². The van der Waals surface area contributed by atoms with Crippen LogP contribution in [0.15, 0.2) is 18.2 Å². The van der Waals surface area contributed by atoms with Gasteiger partial charge in [0.2, 0.25) is 0 Å². The highest BCUT2D eigenvalue weighted by Crippen LogP contribution is 2.19. The quantitative estimate of drug-likeness (QED) is 0.288. The van der Waals surface area contributed by atoms with Crippen LogP contribution in [0.25, 0.3) is 11.0 Å². The van der Waals surface area contributed by atoms with Gasteiger partial charge >= 0.3 is 6.09 Å². The first kappa shape index (κ1) is 22.2. The molecular weight excluding hydrogens is 372 g/mol. The van der Waals surface area contributed by atoms with Gasteiger partial charge in [0.05, 0.1) is 24.2 Å². The molecule has 0 aliphatic heterocycles. The highest BCUT2D eigenvalue weighted by atomic mass is 16.6. The highest BCUT2D eigenvalue weighted by Gasteiger charge is 2.12. The van der Waals surface area contributed by atoms with Gasteiger partial charge in [0.1, 0.15) is 11.6 Å². The molecule has 0 atom stereocenters. The Kier molecular flexibility index (Phi) is 7.99. The predicted octanol–water partition coefficient (Wildman–Crippen LogP) is 3.58. The van der Waals surface area contributed by atoms with Crippen LogP contribution in [0.4, 0.5) is 10.6 Å². The standard InChI is InChI=1S/C20H30N6O3.2H2/c1-5-17(21)26-16-9-8-14(28-4)12-15(16)25-19(18(26)22)23-10-6-7-11-24-20(27)29-13(2)3;;/h8-9,12-13,21-22H,5-7,10-11H2,1-4H3,(H,23,25)(H,24,27);2*1H. The number of rotatable bonds is 9. The Morgan fingerprint density at radius 3 is 2.69 bits per heavy atom. The molecule has 1 amide bonds. The van der Waals surface area contributed by atoms with Crippen LogP contribution in [0.3, 0.4) is 0 Å². The zero-order chi connectivity index (χ0) is 21.4. The van der Waals surface area contributed by atoms with E-state index in [4.69, 9.17) is 20.3 Å². The topological polar surface area (TPSA) is 125 Å². The summed E-state index contributed by atoms with van der Waals surface area (Å²) in [5.41, 5.74) is 1.49. The maximum Gasteiger partial charge on any atom is 0.407 e. The van der Waals surface area contributed by atoms with Crippen molar-refractivity contribution in [3.63, 3.8) is 0 Å². The fraction of sp³-hybridized carbons (Fsp3) is 0.500. The number of unbranched alkanes of at least 4 members (excludes halogenated alkanes) is 1. The summed E-state index contributed by atoms with van der Waals surface area (Å²) in [6, 6.07) is 5.41. The van der Waals surface area contributed by atoms with Crippen LogP contribution in [0, 0.1) is 10.8 Å². The van der Waals surface area contributed by atoms with E-state index in [1.54, 1.807) is 37.7 Å². The van der Waals surface area contributed by atoms with Crippen molar-refractivity contribution in [3.05, 3.63) is 23.7 Å². The molecule has 1 aromatic carbocycles. The Bertz CT molecular complexity index is 933. The smallest absolute Gasteiger partial charge is 0.407 e. The lowest BCUT2D eigenvalue weighted by atomic mass is 10.2. The van der Waals surface area contributed by atoms with E-state index < -0.39 is 6.09 Å². The lowest BCUT2D eigenvalue weighted by Gasteiger charge is -2.15. The molecule has 1 heterocycles. The summed E-state index contributed by atoms with van der Waals surface area (Å²) in [6.45, 7) is 6.60. The minimum absolute atomic E-state index is 0. The molecule has 0 aliphatic carbocycles. The number of hydrogen-bond donors (Lipinski definition) is 4. The van der Waals surface area contributed by atoms with Gasteiger partial charge in [0.25, 0.3) is 0 Å². The Balaban J connectivity index is 0.00000450. The van der Waals surface area contributed by atoms with E-state index in [9.17, 15) is 4.79 Å². The maximum atomic E-state index is 11.4. The minimum Gasteiger partial charge on any atom is -0.497 e. The number of ether oxygens (including phenoxy) is 2. The van der Waals surface area contributed by atoms with Crippen molar-refractivity contribution >= 4 is 28.8 Å². The summed E-state index contributed by atoms with van der Waals surface area (Å²) in [5.74, 6) is 1.40. The summed E-state index contributed by atoms with van der Waals surface area (Å²) in [6.07, 6.45) is 1.49. The fourth-order valence-electron chi connectivity index (χ4n) is 2.77. The Labute approximate surface area is 173 Å². The van der Waals surface area contributed by atoms with Gasteiger partial charge in [-0.15, -0.1) is 0 Å². The van der Waals surface area contributed by atoms with Gasteiger partial charge in [-0.2, -0.15) is 0 Å². The third kappa shape index (κ3) is 5.94. The molecule has 1 aromatic heterocycles. The summed E-state index contributed by atoms with van der Waals surface area (Å²) >= 11 is 0. The van der Waals surface area contributed by atoms with Crippen LogP contribution in [0.1, 0.15) is 42.9 Å². The van der Waals surface area contributed by atoms with Crippen molar-refractivity contribution in [2.24, 2.45) is 0 Å². The molecule has 0 radical (unpaired) electrons. The van der Waals surface area contributed by atoms with Crippen molar-refractivity contribution in [1.29, 1.82) is 10.8 Å². The first-order chi connectivity index (χ1) is 13.9. The number of benzene rings is 1. The van der Waals surface area contributed by atoms with Crippen molar-refractivity contribution in [2.45, 2.75) is 46.1 Å². The van der Waals surface area contributed by atoms with E-state index in [0.717, 1.165) is 12.8 Å². The SMILES string of the molecule is CCC(=N)n1c(=N)c(NCCCCNC(=O)OC(C)C)nc2cc(OC)ccc21.[HH].[HH]. The van der Waals surface area contributed by atoms with Gasteiger partial charge in [-0.05, 0) is 38.8 Å². The zero-order valence-corrected chi connectivity index (χ0v) is 17.5. The van der Waals surface area contributed by atoms with Gasteiger partial charge in [0.15, 0.2) is 11.3 Å². The van der Waals surface area contributed by atoms with Gasteiger partial charge in [-0.1, -0.05) is 6.92 Å². The van der Waals surface area contributed by atoms with Crippen molar-refractivity contribution < 1.29 is 17.1 Å². The van der Waals surface area contributed by atoms with Crippen LogP contribution in [-0.4, -0.2) is 47.8 Å². The number of hydrogen-bond acceptors (Lipinski definition) is 7. The molecule has 0 spiro atoms.